The molecule has 7 heteroatoms. The molecule has 1 aliphatic rings. The first-order chi connectivity index (χ1) is 12.2. The van der Waals surface area contributed by atoms with Crippen LogP contribution in [0.2, 0.25) is 0 Å². The Morgan fingerprint density at radius 2 is 1.96 bits per heavy atom. The van der Waals surface area contributed by atoms with Crippen LogP contribution in [0.5, 0.6) is 0 Å². The van der Waals surface area contributed by atoms with Gasteiger partial charge >= 0.3 is 0 Å². The molecule has 0 aliphatic carbocycles. The number of rotatable bonds is 6. The summed E-state index contributed by atoms with van der Waals surface area (Å²) in [6.45, 7) is 5.45. The second-order valence-corrected chi connectivity index (χ2v) is 6.25. The van der Waals surface area contributed by atoms with Crippen molar-refractivity contribution in [1.82, 2.24) is 19.9 Å². The van der Waals surface area contributed by atoms with Gasteiger partial charge in [-0.05, 0) is 5.56 Å². The number of benzene rings is 1. The average molecular weight is 344 g/mol. The predicted molar refractivity (Wildman–Crippen MR) is 91.6 cm³/mol. The van der Waals surface area contributed by atoms with Gasteiger partial charge in [-0.1, -0.05) is 42.4 Å². The number of piperazine rings is 1. The lowest BCUT2D eigenvalue weighted by Gasteiger charge is -2.34. The summed E-state index contributed by atoms with van der Waals surface area (Å²) in [4.78, 5) is 20.7. The van der Waals surface area contributed by atoms with E-state index in [1.165, 1.54) is 0 Å². The van der Waals surface area contributed by atoms with Crippen LogP contribution in [-0.2, 0) is 17.8 Å². The molecule has 0 bridgehead atoms. The summed E-state index contributed by atoms with van der Waals surface area (Å²) < 4.78 is 5.12. The van der Waals surface area contributed by atoms with Gasteiger partial charge in [-0.3, -0.25) is 9.69 Å². The number of hydrogen-bond acceptors (Lipinski definition) is 6. The van der Waals surface area contributed by atoms with Crippen LogP contribution in [-0.4, -0.2) is 57.1 Å². The maximum Gasteiger partial charge on any atom is 0.226 e. The van der Waals surface area contributed by atoms with Crippen molar-refractivity contribution < 1.29 is 14.4 Å². The topological polar surface area (TPSA) is 82.7 Å². The molecule has 134 valence electrons. The molecule has 7 nitrogen and oxygen atoms in total. The molecule has 1 aromatic carbocycles. The second-order valence-electron chi connectivity index (χ2n) is 6.25. The van der Waals surface area contributed by atoms with Gasteiger partial charge in [0, 0.05) is 32.6 Å². The third-order valence-electron chi connectivity index (χ3n) is 4.45. The molecular formula is C18H24N4O3. The fraction of sp³-hybridized carbons (Fsp3) is 0.500. The summed E-state index contributed by atoms with van der Waals surface area (Å²) in [5.74, 6) is 1.33. The fourth-order valence-electron chi connectivity index (χ4n) is 2.94. The molecule has 25 heavy (non-hydrogen) atoms. The molecule has 1 aliphatic heterocycles. The third-order valence-corrected chi connectivity index (χ3v) is 4.45. The van der Waals surface area contributed by atoms with E-state index in [2.05, 4.69) is 15.0 Å². The molecule has 1 N–H and O–H groups in total. The monoisotopic (exact) mass is 344 g/mol. The minimum absolute atomic E-state index is 0.0103. The number of carbonyl (C=O) groups excluding carboxylic acids is 1. The molecule has 1 saturated heterocycles. The highest BCUT2D eigenvalue weighted by molar-refractivity contribution is 5.77. The summed E-state index contributed by atoms with van der Waals surface area (Å²) >= 11 is 0. The number of aliphatic hydroxyl groups is 1. The van der Waals surface area contributed by atoms with Crippen molar-refractivity contribution in [3.63, 3.8) is 0 Å². The lowest BCUT2D eigenvalue weighted by molar-refractivity contribution is -0.135. The average Bonchev–Trinajstić information content (AvgIpc) is 3.10. The Bertz CT molecular complexity index is 681. The Kier molecular flexibility index (Phi) is 5.78. The molecule has 2 aromatic rings. The molecule has 0 radical (unpaired) electrons. The van der Waals surface area contributed by atoms with Crippen molar-refractivity contribution in [3.8, 4) is 0 Å². The zero-order chi connectivity index (χ0) is 17.6. The van der Waals surface area contributed by atoms with Crippen LogP contribution < -0.4 is 0 Å². The predicted octanol–water partition coefficient (Wildman–Crippen LogP) is 1.40. The summed E-state index contributed by atoms with van der Waals surface area (Å²) in [6.07, 6.45) is 0.104. The first-order valence-corrected chi connectivity index (χ1v) is 8.70. The second kappa shape index (κ2) is 8.22. The minimum Gasteiger partial charge on any atom is -0.388 e. The number of aryl methyl sites for hydroxylation is 1. The summed E-state index contributed by atoms with van der Waals surface area (Å²) in [7, 11) is 0. The van der Waals surface area contributed by atoms with Crippen LogP contribution in [0.1, 0.15) is 36.7 Å². The number of carbonyl (C=O) groups is 1. The van der Waals surface area contributed by atoms with Gasteiger partial charge in [-0.15, -0.1) is 0 Å². The third kappa shape index (κ3) is 4.64. The first kappa shape index (κ1) is 17.6. The van der Waals surface area contributed by atoms with Gasteiger partial charge in [0.05, 0.1) is 19.1 Å². The van der Waals surface area contributed by atoms with Crippen molar-refractivity contribution in [2.24, 2.45) is 0 Å². The zero-order valence-electron chi connectivity index (χ0n) is 14.5. The largest absolute Gasteiger partial charge is 0.388 e. The van der Waals surface area contributed by atoms with Crippen LogP contribution in [0.3, 0.4) is 0 Å². The number of amides is 1. The quantitative estimate of drug-likeness (QED) is 0.853. The normalized spacial score (nSPS) is 16.8. The maximum atomic E-state index is 12.4. The van der Waals surface area contributed by atoms with E-state index < -0.39 is 6.10 Å². The van der Waals surface area contributed by atoms with Crippen molar-refractivity contribution >= 4 is 5.91 Å². The van der Waals surface area contributed by atoms with E-state index >= 15 is 0 Å². The van der Waals surface area contributed by atoms with Gasteiger partial charge < -0.3 is 14.5 Å². The number of hydrogen-bond donors (Lipinski definition) is 1. The van der Waals surface area contributed by atoms with Crippen molar-refractivity contribution in [2.75, 3.05) is 26.2 Å². The van der Waals surface area contributed by atoms with Crippen LogP contribution in [0.25, 0.3) is 0 Å². The van der Waals surface area contributed by atoms with E-state index in [0.717, 1.165) is 25.1 Å². The molecule has 1 amide bonds. The number of aliphatic hydroxyl groups excluding tert-OH is 1. The summed E-state index contributed by atoms with van der Waals surface area (Å²) in [5, 5.41) is 14.2. The maximum absolute atomic E-state index is 12.4. The number of aromatic nitrogens is 2. The molecule has 3 rings (SSSR count). The van der Waals surface area contributed by atoms with Crippen molar-refractivity contribution in [3.05, 3.63) is 47.6 Å². The van der Waals surface area contributed by atoms with Gasteiger partial charge in [0.25, 0.3) is 0 Å². The molecule has 1 aromatic heterocycles. The Balaban J connectivity index is 1.46. The van der Waals surface area contributed by atoms with Crippen LogP contribution >= 0.6 is 0 Å². The smallest absolute Gasteiger partial charge is 0.226 e. The van der Waals surface area contributed by atoms with E-state index in [-0.39, 0.29) is 12.3 Å². The first-order valence-electron chi connectivity index (χ1n) is 8.70. The van der Waals surface area contributed by atoms with Gasteiger partial charge in [0.2, 0.25) is 11.8 Å². The van der Waals surface area contributed by atoms with Crippen molar-refractivity contribution in [2.45, 2.75) is 32.4 Å². The van der Waals surface area contributed by atoms with Gasteiger partial charge in [0.1, 0.15) is 0 Å². The van der Waals surface area contributed by atoms with E-state index in [1.807, 2.05) is 42.2 Å². The Morgan fingerprint density at radius 3 is 2.60 bits per heavy atom. The molecule has 2 heterocycles. The molecule has 1 atom stereocenters. The highest BCUT2D eigenvalue weighted by atomic mass is 16.5. The Labute approximate surface area is 147 Å². The molecular weight excluding hydrogens is 320 g/mol. The van der Waals surface area contributed by atoms with Gasteiger partial charge in [-0.25, -0.2) is 0 Å². The van der Waals surface area contributed by atoms with Gasteiger partial charge in [-0.2, -0.15) is 4.98 Å². The van der Waals surface area contributed by atoms with Crippen LogP contribution in [0.15, 0.2) is 34.9 Å². The highest BCUT2D eigenvalue weighted by Gasteiger charge is 2.24. The van der Waals surface area contributed by atoms with Gasteiger partial charge in [0.15, 0.2) is 5.82 Å². The molecule has 0 saturated carbocycles. The minimum atomic E-state index is -0.751. The Hall–Kier alpha value is -2.25. The van der Waals surface area contributed by atoms with Crippen molar-refractivity contribution in [1.29, 1.82) is 0 Å². The number of nitrogens with zero attached hydrogens (tertiary/aromatic N) is 4. The van der Waals surface area contributed by atoms with Crippen LogP contribution in [0, 0.1) is 0 Å². The Morgan fingerprint density at radius 1 is 1.24 bits per heavy atom. The lowest BCUT2D eigenvalue weighted by Crippen LogP contribution is -2.48. The lowest BCUT2D eigenvalue weighted by atomic mass is 10.1. The van der Waals surface area contributed by atoms with E-state index in [1.54, 1.807) is 0 Å². The van der Waals surface area contributed by atoms with E-state index in [0.29, 0.717) is 31.3 Å². The SMILES string of the molecule is CCc1nc(CN2CCN(C(=O)CC(O)c3ccccc3)CC2)no1. The molecule has 0 spiro atoms. The molecule has 1 unspecified atom stereocenters. The molecule has 1 fully saturated rings. The fourth-order valence-corrected chi connectivity index (χ4v) is 2.94. The van der Waals surface area contributed by atoms with Crippen LogP contribution in [0.4, 0.5) is 0 Å². The summed E-state index contributed by atoms with van der Waals surface area (Å²) in [6, 6.07) is 9.30. The zero-order valence-corrected chi connectivity index (χ0v) is 14.5. The van der Waals surface area contributed by atoms with E-state index in [4.69, 9.17) is 4.52 Å². The standard InChI is InChI=1S/C18H24N4O3/c1-2-17-19-16(20-25-17)13-21-8-10-22(11-9-21)18(24)12-15(23)14-6-4-3-5-7-14/h3-7,15,23H,2,8-13H2,1H3. The van der Waals surface area contributed by atoms with E-state index in [9.17, 15) is 9.90 Å². The highest BCUT2D eigenvalue weighted by Crippen LogP contribution is 2.18. The summed E-state index contributed by atoms with van der Waals surface area (Å²) in [5.41, 5.74) is 0.776.